The lowest BCUT2D eigenvalue weighted by molar-refractivity contribution is 0.0202. The SMILES string of the molecule is CC(C)(C)C1NC2COC1C2. The van der Waals surface area contributed by atoms with Gasteiger partial charge in [0.1, 0.15) is 0 Å². The van der Waals surface area contributed by atoms with Gasteiger partial charge in [-0.25, -0.2) is 0 Å². The Morgan fingerprint density at radius 2 is 2.09 bits per heavy atom. The molecule has 2 nitrogen and oxygen atoms in total. The number of nitrogens with one attached hydrogen (secondary N) is 1. The van der Waals surface area contributed by atoms with Crippen molar-refractivity contribution in [1.29, 1.82) is 0 Å². The van der Waals surface area contributed by atoms with E-state index in [-0.39, 0.29) is 0 Å². The van der Waals surface area contributed by atoms with E-state index in [1.807, 2.05) is 0 Å². The molecule has 11 heavy (non-hydrogen) atoms. The van der Waals surface area contributed by atoms with Crippen LogP contribution in [0.2, 0.25) is 0 Å². The summed E-state index contributed by atoms with van der Waals surface area (Å²) < 4.78 is 5.63. The largest absolute Gasteiger partial charge is 0.375 e. The van der Waals surface area contributed by atoms with Crippen molar-refractivity contribution in [2.45, 2.75) is 45.4 Å². The molecule has 2 rings (SSSR count). The maximum atomic E-state index is 5.63. The Morgan fingerprint density at radius 3 is 2.36 bits per heavy atom. The molecular formula is C9H17NO. The van der Waals surface area contributed by atoms with Crippen molar-refractivity contribution in [3.05, 3.63) is 0 Å². The molecular weight excluding hydrogens is 138 g/mol. The summed E-state index contributed by atoms with van der Waals surface area (Å²) in [7, 11) is 0. The van der Waals surface area contributed by atoms with E-state index >= 15 is 0 Å². The van der Waals surface area contributed by atoms with E-state index in [0.29, 0.717) is 23.6 Å². The molecule has 2 fully saturated rings. The van der Waals surface area contributed by atoms with E-state index in [4.69, 9.17) is 4.74 Å². The van der Waals surface area contributed by atoms with Crippen molar-refractivity contribution in [2.24, 2.45) is 5.41 Å². The molecule has 2 aliphatic heterocycles. The third-order valence-electron chi connectivity index (χ3n) is 2.75. The fourth-order valence-electron chi connectivity index (χ4n) is 2.17. The quantitative estimate of drug-likeness (QED) is 0.567. The average Bonchev–Trinajstić information content (AvgIpc) is 2.42. The van der Waals surface area contributed by atoms with Crippen LogP contribution in [-0.4, -0.2) is 24.8 Å². The number of ether oxygens (including phenoxy) is 1. The van der Waals surface area contributed by atoms with Gasteiger partial charge in [0, 0.05) is 12.1 Å². The molecule has 1 N–H and O–H groups in total. The van der Waals surface area contributed by atoms with Gasteiger partial charge in [-0.3, -0.25) is 0 Å². The molecule has 2 heterocycles. The lowest BCUT2D eigenvalue weighted by Crippen LogP contribution is -2.48. The van der Waals surface area contributed by atoms with E-state index in [1.165, 1.54) is 6.42 Å². The average molecular weight is 155 g/mol. The Balaban J connectivity index is 2.08. The minimum absolute atomic E-state index is 0.347. The minimum Gasteiger partial charge on any atom is -0.375 e. The molecule has 0 radical (unpaired) electrons. The van der Waals surface area contributed by atoms with Gasteiger partial charge in [0.15, 0.2) is 0 Å². The third kappa shape index (κ3) is 1.18. The first-order chi connectivity index (χ1) is 5.07. The Labute approximate surface area is 68.3 Å². The van der Waals surface area contributed by atoms with Gasteiger partial charge in [0.2, 0.25) is 0 Å². The zero-order valence-corrected chi connectivity index (χ0v) is 7.55. The van der Waals surface area contributed by atoms with Gasteiger partial charge < -0.3 is 10.1 Å². The zero-order chi connectivity index (χ0) is 8.06. The Bertz CT molecular complexity index is 161. The second kappa shape index (κ2) is 2.20. The van der Waals surface area contributed by atoms with Crippen molar-refractivity contribution in [3.8, 4) is 0 Å². The topological polar surface area (TPSA) is 21.3 Å². The smallest absolute Gasteiger partial charge is 0.0749 e. The summed E-state index contributed by atoms with van der Waals surface area (Å²) in [4.78, 5) is 0. The van der Waals surface area contributed by atoms with E-state index in [2.05, 4.69) is 26.1 Å². The van der Waals surface area contributed by atoms with Gasteiger partial charge in [-0.05, 0) is 11.8 Å². The fourth-order valence-corrected chi connectivity index (χ4v) is 2.17. The van der Waals surface area contributed by atoms with Crippen LogP contribution in [0.15, 0.2) is 0 Å². The summed E-state index contributed by atoms with van der Waals surface area (Å²) in [6.45, 7) is 7.75. The number of fused-ring (bicyclic) bond motifs is 2. The number of morpholine rings is 1. The van der Waals surface area contributed by atoms with Crippen LogP contribution in [0.25, 0.3) is 0 Å². The molecule has 2 heteroatoms. The highest BCUT2D eigenvalue weighted by atomic mass is 16.5. The highest BCUT2D eigenvalue weighted by Gasteiger charge is 2.45. The molecule has 0 aliphatic carbocycles. The van der Waals surface area contributed by atoms with Crippen LogP contribution in [0.3, 0.4) is 0 Å². The van der Waals surface area contributed by atoms with Crippen LogP contribution >= 0.6 is 0 Å². The van der Waals surface area contributed by atoms with Crippen LogP contribution in [0.5, 0.6) is 0 Å². The first kappa shape index (κ1) is 7.56. The molecule has 3 atom stereocenters. The standard InChI is InChI=1S/C9H17NO/c1-9(2,3)8-7-4-6(10-8)5-11-7/h6-8,10H,4-5H2,1-3H3. The molecule has 0 amide bonds. The molecule has 0 aromatic heterocycles. The third-order valence-corrected chi connectivity index (χ3v) is 2.75. The summed E-state index contributed by atoms with van der Waals surface area (Å²) >= 11 is 0. The van der Waals surface area contributed by atoms with Gasteiger partial charge in [-0.15, -0.1) is 0 Å². The van der Waals surface area contributed by atoms with E-state index in [1.54, 1.807) is 0 Å². The molecule has 0 spiro atoms. The summed E-state index contributed by atoms with van der Waals surface area (Å²) in [5.41, 5.74) is 0.347. The molecule has 0 saturated carbocycles. The second-order valence-electron chi connectivity index (χ2n) is 4.81. The van der Waals surface area contributed by atoms with Crippen molar-refractivity contribution < 1.29 is 4.74 Å². The maximum Gasteiger partial charge on any atom is 0.0749 e. The predicted octanol–water partition coefficient (Wildman–Crippen LogP) is 1.16. The van der Waals surface area contributed by atoms with Crippen LogP contribution in [-0.2, 0) is 4.74 Å². The molecule has 3 unspecified atom stereocenters. The second-order valence-corrected chi connectivity index (χ2v) is 4.81. The van der Waals surface area contributed by atoms with Gasteiger partial charge >= 0.3 is 0 Å². The van der Waals surface area contributed by atoms with Crippen molar-refractivity contribution in [1.82, 2.24) is 5.32 Å². The van der Waals surface area contributed by atoms with Crippen LogP contribution in [0, 0.1) is 5.41 Å². The van der Waals surface area contributed by atoms with Crippen LogP contribution < -0.4 is 5.32 Å². The number of hydrogen-bond acceptors (Lipinski definition) is 2. The Kier molecular flexibility index (Phi) is 1.52. The van der Waals surface area contributed by atoms with Gasteiger partial charge in [-0.1, -0.05) is 20.8 Å². The predicted molar refractivity (Wildman–Crippen MR) is 44.5 cm³/mol. The van der Waals surface area contributed by atoms with Crippen molar-refractivity contribution in [2.75, 3.05) is 6.61 Å². The first-order valence-electron chi connectivity index (χ1n) is 4.45. The van der Waals surface area contributed by atoms with E-state index < -0.39 is 0 Å². The molecule has 64 valence electrons. The molecule has 0 aromatic carbocycles. The van der Waals surface area contributed by atoms with Gasteiger partial charge in [0.05, 0.1) is 12.7 Å². The Hall–Kier alpha value is -0.0800. The van der Waals surface area contributed by atoms with Crippen molar-refractivity contribution in [3.63, 3.8) is 0 Å². The highest BCUT2D eigenvalue weighted by molar-refractivity contribution is 5.01. The zero-order valence-electron chi connectivity index (χ0n) is 7.55. The lowest BCUT2D eigenvalue weighted by Gasteiger charge is -2.34. The highest BCUT2D eigenvalue weighted by Crippen LogP contribution is 2.34. The summed E-state index contributed by atoms with van der Waals surface area (Å²) in [6, 6.07) is 1.21. The molecule has 2 bridgehead atoms. The van der Waals surface area contributed by atoms with E-state index in [0.717, 1.165) is 6.61 Å². The molecule has 2 saturated heterocycles. The summed E-state index contributed by atoms with van der Waals surface area (Å²) in [5.74, 6) is 0. The van der Waals surface area contributed by atoms with E-state index in [9.17, 15) is 0 Å². The maximum absolute atomic E-state index is 5.63. The summed E-state index contributed by atoms with van der Waals surface area (Å²) in [6.07, 6.45) is 1.71. The minimum atomic E-state index is 0.347. The van der Waals surface area contributed by atoms with Crippen LogP contribution in [0.4, 0.5) is 0 Å². The van der Waals surface area contributed by atoms with Gasteiger partial charge in [0.25, 0.3) is 0 Å². The lowest BCUT2D eigenvalue weighted by atomic mass is 9.84. The first-order valence-corrected chi connectivity index (χ1v) is 4.45. The Morgan fingerprint density at radius 1 is 1.36 bits per heavy atom. The summed E-state index contributed by atoms with van der Waals surface area (Å²) in [5, 5.41) is 3.61. The van der Waals surface area contributed by atoms with Crippen LogP contribution in [0.1, 0.15) is 27.2 Å². The molecule has 2 aliphatic rings. The van der Waals surface area contributed by atoms with Crippen molar-refractivity contribution >= 4 is 0 Å². The monoisotopic (exact) mass is 155 g/mol. The molecule has 0 aromatic rings. The number of rotatable bonds is 0. The van der Waals surface area contributed by atoms with Gasteiger partial charge in [-0.2, -0.15) is 0 Å². The number of hydrogen-bond donors (Lipinski definition) is 1. The fraction of sp³-hybridized carbons (Fsp3) is 1.00. The normalized spacial score (nSPS) is 43.4.